The Balaban J connectivity index is 0.000000147. The second kappa shape index (κ2) is 24.0. The van der Waals surface area contributed by atoms with E-state index in [-0.39, 0.29) is 40.0 Å². The summed E-state index contributed by atoms with van der Waals surface area (Å²) in [7, 11) is -2.13. The van der Waals surface area contributed by atoms with Crippen molar-refractivity contribution >= 4 is 125 Å². The molecule has 0 fully saturated rings. The number of aromatic nitrogens is 12. The number of sulfone groups is 1. The number of carbonyl (C=O) groups is 2. The average Bonchev–Trinajstić information content (AvgIpc) is 3.78. The maximum Gasteiger partial charge on any atom is 0.258 e. The third-order valence-corrected chi connectivity index (χ3v) is 13.5. The standard InChI is InChI=1S/C26H20ClN7O3.C17H13ClN6O.C13H13N5O3S/c1-14(35)28-17-6-4-5-16(11-17)24(37)34-26-30-20-10-9-15(12-22(20)32-26)21-13-23(36)33-25(31-21)29-19-8-3-2-7-18(19)27;18-10-3-1-2-4-11(10)22-17-23-13(8-15(25)24-17)9-5-6-12-14(7-9)21-16(19)20-12;1-21-11-6-9(17-13(18-11)22(2,19)20)7-3-4-8-10(5-7)16-12(14)15-8/h2-13H,1H3,(H,28,35)(H2,29,31,33,36)(H2,30,32,34,37);1-8H,(H3,19,20,21)(H2,22,23,24,25);3-6H,1-2H3,(H3,14,15,16). The van der Waals surface area contributed by atoms with E-state index >= 15 is 0 Å². The Morgan fingerprint density at radius 1 is 0.524 bits per heavy atom. The highest BCUT2D eigenvalue weighted by molar-refractivity contribution is 7.90. The molecule has 0 aliphatic rings. The Bertz CT molecular complexity index is 4740. The smallest absolute Gasteiger partial charge is 0.258 e. The van der Waals surface area contributed by atoms with Crippen LogP contribution < -0.4 is 48.6 Å². The summed E-state index contributed by atoms with van der Waals surface area (Å²) in [4.78, 5) is 92.2. The van der Waals surface area contributed by atoms with Gasteiger partial charge in [0.05, 0.1) is 78.7 Å². The minimum Gasteiger partial charge on any atom is -0.481 e. The molecule has 0 bridgehead atoms. The molecule has 6 aromatic carbocycles. The minimum absolute atomic E-state index is 0.176. The quantitative estimate of drug-likeness (QED) is 0.0507. The van der Waals surface area contributed by atoms with E-state index in [1.54, 1.807) is 97.1 Å². The molecule has 25 nitrogen and oxygen atoms in total. The van der Waals surface area contributed by atoms with E-state index in [4.69, 9.17) is 39.4 Å². The van der Waals surface area contributed by atoms with Gasteiger partial charge >= 0.3 is 0 Å². The summed E-state index contributed by atoms with van der Waals surface area (Å²) < 4.78 is 28.4. The zero-order chi connectivity index (χ0) is 59.2. The van der Waals surface area contributed by atoms with Gasteiger partial charge in [-0.25, -0.2) is 38.3 Å². The number of para-hydroxylation sites is 2. The molecule has 0 saturated carbocycles. The molecular weight excluding hydrogens is 1140 g/mol. The summed E-state index contributed by atoms with van der Waals surface area (Å²) in [5.74, 6) is 1.01. The fourth-order valence-electron chi connectivity index (χ4n) is 8.26. The lowest BCUT2D eigenvalue weighted by atomic mass is 10.1. The van der Waals surface area contributed by atoms with E-state index in [2.05, 4.69) is 81.1 Å². The van der Waals surface area contributed by atoms with E-state index in [1.165, 1.54) is 26.2 Å². The number of carbonyl (C=O) groups excluding carboxylic acids is 2. The average molecular weight is 1190 g/mol. The van der Waals surface area contributed by atoms with Gasteiger partial charge in [0.25, 0.3) is 22.2 Å². The number of hydrogen-bond donors (Lipinski definition) is 11. The number of H-pyrrole nitrogens is 5. The maximum atomic E-state index is 12.7. The molecule has 0 spiro atoms. The van der Waals surface area contributed by atoms with Gasteiger partial charge in [0, 0.05) is 59.3 Å². The summed E-state index contributed by atoms with van der Waals surface area (Å²) in [5.41, 5.74) is 20.6. The van der Waals surface area contributed by atoms with Crippen molar-refractivity contribution in [2.24, 2.45) is 0 Å². The molecule has 12 rings (SSSR count). The molecule has 0 aliphatic heterocycles. The van der Waals surface area contributed by atoms with Crippen molar-refractivity contribution in [3.63, 3.8) is 0 Å². The molecule has 12 aromatic rings. The van der Waals surface area contributed by atoms with Crippen molar-refractivity contribution in [3.8, 4) is 39.7 Å². The number of nitrogens with one attached hydrogen (secondary N) is 9. The maximum absolute atomic E-state index is 12.7. The van der Waals surface area contributed by atoms with E-state index in [0.717, 1.165) is 28.4 Å². The number of fused-ring (bicyclic) bond motifs is 3. The van der Waals surface area contributed by atoms with Crippen LogP contribution in [-0.2, 0) is 14.6 Å². The van der Waals surface area contributed by atoms with Crippen LogP contribution in [0.4, 0.5) is 46.8 Å². The molecule has 0 radical (unpaired) electrons. The number of halogens is 2. The number of rotatable bonds is 12. The van der Waals surface area contributed by atoms with Gasteiger partial charge in [-0.15, -0.1) is 0 Å². The van der Waals surface area contributed by atoms with E-state index in [9.17, 15) is 27.6 Å². The third-order valence-electron chi connectivity index (χ3n) is 12.0. The highest BCUT2D eigenvalue weighted by Crippen LogP contribution is 2.30. The second-order valence-electron chi connectivity index (χ2n) is 18.3. The van der Waals surface area contributed by atoms with Gasteiger partial charge in [0.15, 0.2) is 11.9 Å². The molecule has 6 aromatic heterocycles. The highest BCUT2D eigenvalue weighted by Gasteiger charge is 2.18. The molecule has 84 heavy (non-hydrogen) atoms. The molecule has 6 heterocycles. The summed E-state index contributed by atoms with van der Waals surface area (Å²) in [6, 6.07) is 41.5. The van der Waals surface area contributed by atoms with Gasteiger partial charge in [-0.1, -0.05) is 71.7 Å². The molecule has 0 saturated heterocycles. The van der Waals surface area contributed by atoms with Crippen molar-refractivity contribution in [2.75, 3.05) is 46.1 Å². The molecule has 28 heteroatoms. The number of aromatic amines is 5. The second-order valence-corrected chi connectivity index (χ2v) is 21.0. The minimum atomic E-state index is -3.55. The first-order chi connectivity index (χ1) is 40.3. The molecule has 0 aliphatic carbocycles. The van der Waals surface area contributed by atoms with E-state index in [0.29, 0.717) is 95.3 Å². The number of amides is 2. The SMILES string of the molecule is CC(=O)Nc1cccc(C(=O)Nc2nc3ccc(-c4cc(=O)[nH]c(Nc5ccccc5Cl)n4)cc3[nH]2)c1.COc1cc(-c2ccc3nc(N)[nH]c3c2)nc(S(C)(=O)=O)n1.Nc1nc2ccc(-c3cc(=O)[nH]c(Nc4ccccc4Cl)n3)cc2[nH]1. The van der Waals surface area contributed by atoms with Crippen molar-refractivity contribution in [3.05, 3.63) is 182 Å². The summed E-state index contributed by atoms with van der Waals surface area (Å²) >= 11 is 12.3. The number of nitrogen functional groups attached to an aromatic ring is 2. The van der Waals surface area contributed by atoms with Crippen LogP contribution in [0.3, 0.4) is 0 Å². The predicted octanol–water partition coefficient (Wildman–Crippen LogP) is 9.23. The number of methoxy groups -OCH3 is 1. The fourth-order valence-corrected chi connectivity index (χ4v) is 9.14. The van der Waals surface area contributed by atoms with Gasteiger partial charge in [-0.2, -0.15) is 4.98 Å². The van der Waals surface area contributed by atoms with Crippen LogP contribution in [0.15, 0.2) is 160 Å². The van der Waals surface area contributed by atoms with Gasteiger partial charge in [0.2, 0.25) is 39.5 Å². The van der Waals surface area contributed by atoms with Crippen LogP contribution in [-0.4, -0.2) is 93.4 Å². The molecule has 0 atom stereocenters. The lowest BCUT2D eigenvalue weighted by molar-refractivity contribution is -0.114. The number of benzene rings is 6. The fraction of sp³-hybridized carbons (Fsp3) is 0.0536. The van der Waals surface area contributed by atoms with Crippen LogP contribution in [0.5, 0.6) is 5.88 Å². The van der Waals surface area contributed by atoms with Crippen LogP contribution in [0.25, 0.3) is 66.9 Å². The van der Waals surface area contributed by atoms with Crippen LogP contribution in [0, 0.1) is 0 Å². The summed E-state index contributed by atoms with van der Waals surface area (Å²) in [6.45, 7) is 1.40. The lowest BCUT2D eigenvalue weighted by Gasteiger charge is -2.08. The first-order valence-corrected chi connectivity index (χ1v) is 27.5. The van der Waals surface area contributed by atoms with Crippen molar-refractivity contribution in [1.82, 2.24) is 59.8 Å². The predicted molar refractivity (Wildman–Crippen MR) is 324 cm³/mol. The summed E-state index contributed by atoms with van der Waals surface area (Å²) in [5, 5.41) is 12.2. The Hall–Kier alpha value is -11.0. The van der Waals surface area contributed by atoms with E-state index in [1.807, 2.05) is 36.4 Å². The Morgan fingerprint density at radius 2 is 1.01 bits per heavy atom. The Kier molecular flexibility index (Phi) is 16.1. The Labute approximate surface area is 484 Å². The van der Waals surface area contributed by atoms with Gasteiger partial charge in [-0.05, 0) is 78.9 Å². The monoisotopic (exact) mass is 1180 g/mol. The molecule has 13 N–H and O–H groups in total. The Morgan fingerprint density at radius 3 is 1.50 bits per heavy atom. The number of imidazole rings is 3. The molecule has 0 unspecified atom stereocenters. The highest BCUT2D eigenvalue weighted by atomic mass is 35.5. The molecule has 422 valence electrons. The lowest BCUT2D eigenvalue weighted by Crippen LogP contribution is -2.14. The number of nitrogens with zero attached hydrogens (tertiary/aromatic N) is 7. The number of nitrogens with two attached hydrogens (primary N) is 2. The van der Waals surface area contributed by atoms with Crippen molar-refractivity contribution in [2.45, 2.75) is 12.1 Å². The van der Waals surface area contributed by atoms with Crippen molar-refractivity contribution < 1.29 is 22.7 Å². The van der Waals surface area contributed by atoms with Crippen LogP contribution in [0.1, 0.15) is 17.3 Å². The largest absolute Gasteiger partial charge is 0.481 e. The zero-order valence-corrected chi connectivity index (χ0v) is 46.5. The first-order valence-electron chi connectivity index (χ1n) is 24.9. The number of anilines is 8. The van der Waals surface area contributed by atoms with Gasteiger partial charge in [-0.3, -0.25) is 34.5 Å². The molecular formula is C56H46Cl2N18O7S. The topological polar surface area (TPSA) is 381 Å². The van der Waals surface area contributed by atoms with Crippen LogP contribution in [0.2, 0.25) is 10.0 Å². The molecule has 2 amide bonds. The third kappa shape index (κ3) is 13.6. The van der Waals surface area contributed by atoms with Gasteiger partial charge in [0.1, 0.15) is 0 Å². The normalized spacial score (nSPS) is 11.1. The van der Waals surface area contributed by atoms with Gasteiger partial charge < -0.3 is 47.1 Å². The summed E-state index contributed by atoms with van der Waals surface area (Å²) in [6.07, 6.45) is 1.05. The van der Waals surface area contributed by atoms with Crippen molar-refractivity contribution in [1.29, 1.82) is 0 Å². The first kappa shape index (κ1) is 56.3. The number of hydrogen-bond acceptors (Lipinski definition) is 18. The zero-order valence-electron chi connectivity index (χ0n) is 44.2. The number of ether oxygens (including phenoxy) is 1. The van der Waals surface area contributed by atoms with Crippen LogP contribution >= 0.6 is 23.2 Å². The van der Waals surface area contributed by atoms with E-state index < -0.39 is 15.7 Å².